The molecule has 1 aromatic carbocycles. The Morgan fingerprint density at radius 2 is 1.48 bits per heavy atom. The Labute approximate surface area is 151 Å². The van der Waals surface area contributed by atoms with Crippen molar-refractivity contribution in [2.45, 2.75) is 84.2 Å². The van der Waals surface area contributed by atoms with E-state index in [4.69, 9.17) is 4.74 Å². The fourth-order valence-corrected chi connectivity index (χ4v) is 3.27. The first-order chi connectivity index (χ1) is 11.8. The molecule has 0 fully saturated rings. The maximum Gasteiger partial charge on any atom is 0.194 e. The Bertz CT molecular complexity index is 491. The predicted octanol–water partition coefficient (Wildman–Crippen LogP) is 6.83. The zero-order chi connectivity index (χ0) is 18.9. The zero-order valence-electron chi connectivity index (χ0n) is 16.1. The van der Waals surface area contributed by atoms with E-state index in [-0.39, 0.29) is 5.60 Å². The van der Waals surface area contributed by atoms with E-state index >= 15 is 0 Å². The molecule has 0 radical (unpaired) electrons. The number of benzene rings is 1. The smallest absolute Gasteiger partial charge is 0.194 e. The molecule has 0 heterocycles. The lowest BCUT2D eigenvalue weighted by molar-refractivity contribution is -0.0343. The summed E-state index contributed by atoms with van der Waals surface area (Å²) < 4.78 is 45.5. The van der Waals surface area contributed by atoms with Gasteiger partial charge in [0.05, 0.1) is 5.60 Å². The van der Waals surface area contributed by atoms with E-state index in [1.165, 1.54) is 32.1 Å². The van der Waals surface area contributed by atoms with Crippen molar-refractivity contribution < 1.29 is 17.9 Å². The molecule has 0 spiro atoms. The number of hydrogen-bond acceptors (Lipinski definition) is 1. The van der Waals surface area contributed by atoms with Gasteiger partial charge in [-0.15, -0.1) is 0 Å². The van der Waals surface area contributed by atoms with Crippen molar-refractivity contribution in [1.82, 2.24) is 0 Å². The molecule has 0 aliphatic carbocycles. The van der Waals surface area contributed by atoms with Crippen molar-refractivity contribution in [3.05, 3.63) is 35.1 Å². The van der Waals surface area contributed by atoms with Crippen LogP contribution >= 0.6 is 0 Å². The molecule has 4 heteroatoms. The van der Waals surface area contributed by atoms with Gasteiger partial charge in [0.25, 0.3) is 0 Å². The lowest BCUT2D eigenvalue weighted by atomic mass is 9.82. The van der Waals surface area contributed by atoms with Gasteiger partial charge in [0.1, 0.15) is 0 Å². The molecule has 0 saturated carbocycles. The third-order valence-corrected chi connectivity index (χ3v) is 5.24. The summed E-state index contributed by atoms with van der Waals surface area (Å²) in [7, 11) is 1.70. The molecule has 1 rings (SSSR count). The molecule has 1 nitrogen and oxygen atoms in total. The summed E-state index contributed by atoms with van der Waals surface area (Å²) in [6.45, 7) is 6.32. The standard InChI is InChI=1S/C21H33F3O/c1-5-6-7-8-9-10-11-17(21(2,3)25-4)13-12-16-14-18(22)20(24)19(23)15-16/h14-15,17H,5-13H2,1-4H3. The third-order valence-electron chi connectivity index (χ3n) is 5.24. The molecule has 0 aliphatic heterocycles. The molecule has 1 unspecified atom stereocenters. The van der Waals surface area contributed by atoms with E-state index in [1.54, 1.807) is 7.11 Å². The SMILES string of the molecule is CCCCCCCCC(CCc1cc(F)c(F)c(F)c1)C(C)(C)OC. The molecule has 25 heavy (non-hydrogen) atoms. The van der Waals surface area contributed by atoms with Crippen LogP contribution in [-0.4, -0.2) is 12.7 Å². The van der Waals surface area contributed by atoms with Crippen LogP contribution in [0.5, 0.6) is 0 Å². The average molecular weight is 358 g/mol. The van der Waals surface area contributed by atoms with Crippen LogP contribution in [0.1, 0.15) is 77.7 Å². The van der Waals surface area contributed by atoms with Crippen molar-refractivity contribution >= 4 is 0 Å². The minimum Gasteiger partial charge on any atom is -0.379 e. The highest BCUT2D eigenvalue weighted by Crippen LogP contribution is 2.30. The largest absolute Gasteiger partial charge is 0.379 e. The van der Waals surface area contributed by atoms with Crippen LogP contribution in [0, 0.1) is 23.4 Å². The molecule has 0 bridgehead atoms. The molecular formula is C21H33F3O. The quantitative estimate of drug-likeness (QED) is 0.294. The first-order valence-electron chi connectivity index (χ1n) is 9.50. The van der Waals surface area contributed by atoms with E-state index in [1.807, 2.05) is 0 Å². The maximum absolute atomic E-state index is 13.4. The summed E-state index contributed by atoms with van der Waals surface area (Å²) in [5, 5.41) is 0. The molecule has 0 saturated heterocycles. The molecule has 0 amide bonds. The normalized spacial score (nSPS) is 13.2. The van der Waals surface area contributed by atoms with Gasteiger partial charge >= 0.3 is 0 Å². The number of aryl methyl sites for hydroxylation is 1. The van der Waals surface area contributed by atoms with Crippen molar-refractivity contribution in [3.63, 3.8) is 0 Å². The van der Waals surface area contributed by atoms with Crippen LogP contribution in [0.25, 0.3) is 0 Å². The van der Waals surface area contributed by atoms with Gasteiger partial charge in [-0.3, -0.25) is 0 Å². The molecular weight excluding hydrogens is 325 g/mol. The average Bonchev–Trinajstić information content (AvgIpc) is 2.57. The maximum atomic E-state index is 13.4. The summed E-state index contributed by atoms with van der Waals surface area (Å²) in [5.41, 5.74) is 0.205. The van der Waals surface area contributed by atoms with Gasteiger partial charge < -0.3 is 4.74 Å². The number of hydrogen-bond donors (Lipinski definition) is 0. The van der Waals surface area contributed by atoms with E-state index in [0.29, 0.717) is 17.9 Å². The zero-order valence-corrected chi connectivity index (χ0v) is 16.1. The Balaban J connectivity index is 2.59. The summed E-state index contributed by atoms with van der Waals surface area (Å²) in [6.07, 6.45) is 9.70. The fraction of sp³-hybridized carbons (Fsp3) is 0.714. The highest BCUT2D eigenvalue weighted by Gasteiger charge is 2.28. The van der Waals surface area contributed by atoms with E-state index in [0.717, 1.165) is 31.4 Å². The highest BCUT2D eigenvalue weighted by molar-refractivity contribution is 5.19. The van der Waals surface area contributed by atoms with E-state index < -0.39 is 17.5 Å². The second-order valence-corrected chi connectivity index (χ2v) is 7.47. The first-order valence-corrected chi connectivity index (χ1v) is 9.50. The van der Waals surface area contributed by atoms with Crippen LogP contribution in [0.2, 0.25) is 0 Å². The van der Waals surface area contributed by atoms with Crippen molar-refractivity contribution in [2.75, 3.05) is 7.11 Å². The summed E-state index contributed by atoms with van der Waals surface area (Å²) >= 11 is 0. The molecule has 1 aromatic rings. The van der Waals surface area contributed by atoms with Crippen LogP contribution < -0.4 is 0 Å². The molecule has 1 atom stereocenters. The number of rotatable bonds is 12. The minimum absolute atomic E-state index is 0.291. The van der Waals surface area contributed by atoms with Crippen LogP contribution in [0.15, 0.2) is 12.1 Å². The van der Waals surface area contributed by atoms with Gasteiger partial charge in [0, 0.05) is 7.11 Å². The molecule has 144 valence electrons. The predicted molar refractivity (Wildman–Crippen MR) is 97.2 cm³/mol. The van der Waals surface area contributed by atoms with Crippen LogP contribution in [-0.2, 0) is 11.2 Å². The minimum atomic E-state index is -1.40. The van der Waals surface area contributed by atoms with E-state index in [2.05, 4.69) is 20.8 Å². The van der Waals surface area contributed by atoms with Gasteiger partial charge in [0.15, 0.2) is 17.5 Å². The molecule has 0 N–H and O–H groups in total. The number of unbranched alkanes of at least 4 members (excludes halogenated alkanes) is 5. The Hall–Kier alpha value is -1.03. The van der Waals surface area contributed by atoms with Gasteiger partial charge in [-0.25, -0.2) is 13.2 Å². The number of methoxy groups -OCH3 is 1. The van der Waals surface area contributed by atoms with Crippen molar-refractivity contribution in [1.29, 1.82) is 0 Å². The number of halogens is 3. The highest BCUT2D eigenvalue weighted by atomic mass is 19.2. The van der Waals surface area contributed by atoms with Crippen LogP contribution in [0.3, 0.4) is 0 Å². The summed E-state index contributed by atoms with van der Waals surface area (Å²) in [4.78, 5) is 0. The monoisotopic (exact) mass is 358 g/mol. The van der Waals surface area contributed by atoms with Gasteiger partial charge in [-0.05, 0) is 56.7 Å². The Morgan fingerprint density at radius 1 is 0.920 bits per heavy atom. The topological polar surface area (TPSA) is 9.23 Å². The summed E-state index contributed by atoms with van der Waals surface area (Å²) in [5.74, 6) is -3.34. The van der Waals surface area contributed by atoms with Gasteiger partial charge in [0.2, 0.25) is 0 Å². The second kappa shape index (κ2) is 10.8. The van der Waals surface area contributed by atoms with Gasteiger partial charge in [-0.1, -0.05) is 45.4 Å². The van der Waals surface area contributed by atoms with Crippen molar-refractivity contribution in [2.24, 2.45) is 5.92 Å². The lowest BCUT2D eigenvalue weighted by Crippen LogP contribution is -2.33. The Kier molecular flexibility index (Phi) is 9.55. The number of ether oxygens (including phenoxy) is 1. The third kappa shape index (κ3) is 7.39. The van der Waals surface area contributed by atoms with Gasteiger partial charge in [-0.2, -0.15) is 0 Å². The van der Waals surface area contributed by atoms with E-state index in [9.17, 15) is 13.2 Å². The Morgan fingerprint density at radius 3 is 2.04 bits per heavy atom. The molecule has 0 aliphatic rings. The fourth-order valence-electron chi connectivity index (χ4n) is 3.27. The first kappa shape index (κ1) is 22.0. The van der Waals surface area contributed by atoms with Crippen LogP contribution in [0.4, 0.5) is 13.2 Å². The summed E-state index contributed by atoms with van der Waals surface area (Å²) in [6, 6.07) is 2.19. The second-order valence-electron chi connectivity index (χ2n) is 7.47. The van der Waals surface area contributed by atoms with Crippen molar-refractivity contribution in [3.8, 4) is 0 Å². The lowest BCUT2D eigenvalue weighted by Gasteiger charge is -2.33. The molecule has 0 aromatic heterocycles.